The molecule has 3 N–H and O–H groups in total. The van der Waals surface area contributed by atoms with Gasteiger partial charge in [0.1, 0.15) is 0 Å². The van der Waals surface area contributed by atoms with Gasteiger partial charge < -0.3 is 10.5 Å². The highest BCUT2D eigenvalue weighted by molar-refractivity contribution is 7.89. The molecule has 5 nitrogen and oxygen atoms in total. The van der Waals surface area contributed by atoms with Crippen molar-refractivity contribution in [1.29, 1.82) is 0 Å². The number of nitrogens with two attached hydrogens (primary N) is 1. The molecule has 0 saturated carbocycles. The zero-order valence-corrected chi connectivity index (χ0v) is 12.5. The Kier molecular flexibility index (Phi) is 6.68. The molecule has 0 amide bonds. The number of sulfonamides is 1. The fourth-order valence-electron chi connectivity index (χ4n) is 1.63. The smallest absolute Gasteiger partial charge is 0.242 e. The molecule has 0 aromatic heterocycles. The molecule has 0 bridgehead atoms. The van der Waals surface area contributed by atoms with Crippen LogP contribution in [0.15, 0.2) is 29.2 Å². The number of ether oxygens (including phenoxy) is 1. The third kappa shape index (κ3) is 4.94. The Hall–Kier alpha value is -1.39. The summed E-state index contributed by atoms with van der Waals surface area (Å²) in [6.45, 7) is 2.48. The van der Waals surface area contributed by atoms with Gasteiger partial charge in [0.2, 0.25) is 10.0 Å². The van der Waals surface area contributed by atoms with Crippen LogP contribution in [-0.2, 0) is 14.8 Å². The van der Waals surface area contributed by atoms with Gasteiger partial charge in [-0.15, -0.1) is 0 Å². The van der Waals surface area contributed by atoms with E-state index in [1.807, 2.05) is 0 Å². The van der Waals surface area contributed by atoms with Crippen molar-refractivity contribution in [3.63, 3.8) is 0 Å². The molecular weight excluding hydrogens is 276 g/mol. The number of hydrogen-bond acceptors (Lipinski definition) is 4. The number of methoxy groups -OCH3 is 1. The van der Waals surface area contributed by atoms with E-state index in [1.54, 1.807) is 32.2 Å². The first-order valence-corrected chi connectivity index (χ1v) is 7.79. The van der Waals surface area contributed by atoms with E-state index in [-0.39, 0.29) is 17.5 Å². The van der Waals surface area contributed by atoms with Crippen molar-refractivity contribution in [2.75, 3.05) is 20.3 Å². The molecular formula is C14H20N2O3S. The van der Waals surface area contributed by atoms with E-state index in [0.29, 0.717) is 18.6 Å². The van der Waals surface area contributed by atoms with E-state index in [4.69, 9.17) is 10.5 Å². The highest BCUT2D eigenvalue weighted by Crippen LogP contribution is 2.15. The first-order chi connectivity index (χ1) is 9.51. The van der Waals surface area contributed by atoms with Crippen LogP contribution in [0.5, 0.6) is 0 Å². The Bertz CT molecular complexity index is 588. The lowest BCUT2D eigenvalue weighted by Crippen LogP contribution is -2.33. The first kappa shape index (κ1) is 16.7. The lowest BCUT2D eigenvalue weighted by atomic mass is 10.2. The Labute approximate surface area is 120 Å². The Balaban J connectivity index is 2.98. The van der Waals surface area contributed by atoms with Crippen molar-refractivity contribution < 1.29 is 13.2 Å². The highest BCUT2D eigenvalue weighted by atomic mass is 32.2. The van der Waals surface area contributed by atoms with Gasteiger partial charge in [0, 0.05) is 25.3 Å². The van der Waals surface area contributed by atoms with Gasteiger partial charge in [-0.25, -0.2) is 13.1 Å². The number of benzene rings is 1. The molecule has 0 heterocycles. The summed E-state index contributed by atoms with van der Waals surface area (Å²) in [5, 5.41) is 0. The highest BCUT2D eigenvalue weighted by Gasteiger charge is 2.19. The predicted molar refractivity (Wildman–Crippen MR) is 78.7 cm³/mol. The van der Waals surface area contributed by atoms with Crippen LogP contribution in [0.3, 0.4) is 0 Å². The fraction of sp³-hybridized carbons (Fsp3) is 0.429. The number of nitrogens with one attached hydrogen (secondary N) is 1. The van der Waals surface area contributed by atoms with E-state index >= 15 is 0 Å². The SMILES string of the molecule is COCCC(C)NS(=O)(=O)c1ccccc1C#CCN. The lowest BCUT2D eigenvalue weighted by Gasteiger charge is -2.14. The number of hydrogen-bond donors (Lipinski definition) is 2. The van der Waals surface area contributed by atoms with E-state index < -0.39 is 10.0 Å². The van der Waals surface area contributed by atoms with Crippen molar-refractivity contribution in [1.82, 2.24) is 4.72 Å². The largest absolute Gasteiger partial charge is 0.385 e. The minimum absolute atomic E-state index is 0.171. The van der Waals surface area contributed by atoms with Gasteiger partial charge in [0.15, 0.2) is 0 Å². The summed E-state index contributed by atoms with van der Waals surface area (Å²) in [6, 6.07) is 6.40. The van der Waals surface area contributed by atoms with Gasteiger partial charge in [-0.2, -0.15) is 0 Å². The second-order valence-electron chi connectivity index (χ2n) is 4.31. The van der Waals surface area contributed by atoms with E-state index in [1.165, 1.54) is 6.07 Å². The second-order valence-corrected chi connectivity index (χ2v) is 5.99. The monoisotopic (exact) mass is 296 g/mol. The van der Waals surface area contributed by atoms with Crippen molar-refractivity contribution in [2.24, 2.45) is 5.73 Å². The molecule has 1 atom stereocenters. The summed E-state index contributed by atoms with van der Waals surface area (Å²) in [5.74, 6) is 5.45. The van der Waals surface area contributed by atoms with Gasteiger partial charge in [-0.05, 0) is 25.5 Å². The summed E-state index contributed by atoms with van der Waals surface area (Å²) in [4.78, 5) is 0.171. The average Bonchev–Trinajstić information content (AvgIpc) is 2.42. The minimum Gasteiger partial charge on any atom is -0.385 e. The van der Waals surface area contributed by atoms with Crippen molar-refractivity contribution in [3.8, 4) is 11.8 Å². The summed E-state index contributed by atoms with van der Waals surface area (Å²) in [6.07, 6.45) is 0.604. The topological polar surface area (TPSA) is 81.4 Å². The zero-order chi connectivity index (χ0) is 15.0. The molecule has 0 radical (unpaired) electrons. The summed E-state index contributed by atoms with van der Waals surface area (Å²) in [5.41, 5.74) is 5.77. The Morgan fingerprint density at radius 1 is 1.40 bits per heavy atom. The second kappa shape index (κ2) is 8.02. The quantitative estimate of drug-likeness (QED) is 0.757. The zero-order valence-electron chi connectivity index (χ0n) is 11.7. The maximum atomic E-state index is 12.3. The molecule has 1 aromatic carbocycles. The van der Waals surface area contributed by atoms with Gasteiger partial charge >= 0.3 is 0 Å². The predicted octanol–water partition coefficient (Wildman–Crippen LogP) is 0.700. The van der Waals surface area contributed by atoms with E-state index in [0.717, 1.165) is 0 Å². The molecule has 0 saturated heterocycles. The molecule has 1 rings (SSSR count). The van der Waals surface area contributed by atoms with Crippen LogP contribution in [0.1, 0.15) is 18.9 Å². The van der Waals surface area contributed by atoms with Crippen LogP contribution in [-0.4, -0.2) is 34.7 Å². The van der Waals surface area contributed by atoms with Crippen LogP contribution < -0.4 is 10.5 Å². The van der Waals surface area contributed by atoms with Crippen LogP contribution in [0, 0.1) is 11.8 Å². The summed E-state index contributed by atoms with van der Waals surface area (Å²) < 4.78 is 32.2. The Morgan fingerprint density at radius 3 is 2.75 bits per heavy atom. The standard InChI is InChI=1S/C14H20N2O3S/c1-12(9-11-19-2)16-20(17,18)14-8-4-3-6-13(14)7-5-10-15/h3-4,6,8,12,16H,9-11,15H2,1-2H3. The molecule has 1 unspecified atom stereocenters. The molecule has 0 aliphatic heterocycles. The maximum absolute atomic E-state index is 12.3. The summed E-state index contributed by atoms with van der Waals surface area (Å²) >= 11 is 0. The lowest BCUT2D eigenvalue weighted by molar-refractivity contribution is 0.188. The van der Waals surface area contributed by atoms with Crippen molar-refractivity contribution in [3.05, 3.63) is 29.8 Å². The molecule has 0 aliphatic carbocycles. The van der Waals surface area contributed by atoms with Gasteiger partial charge in [-0.3, -0.25) is 0 Å². The van der Waals surface area contributed by atoms with Gasteiger partial charge in [0.05, 0.1) is 11.4 Å². The Morgan fingerprint density at radius 2 is 2.10 bits per heavy atom. The van der Waals surface area contributed by atoms with Gasteiger partial charge in [0.25, 0.3) is 0 Å². The van der Waals surface area contributed by atoms with Crippen LogP contribution in [0.4, 0.5) is 0 Å². The maximum Gasteiger partial charge on any atom is 0.242 e. The van der Waals surface area contributed by atoms with Crippen LogP contribution in [0.2, 0.25) is 0 Å². The summed E-state index contributed by atoms with van der Waals surface area (Å²) in [7, 11) is -2.02. The third-order valence-electron chi connectivity index (χ3n) is 2.61. The van der Waals surface area contributed by atoms with E-state index in [9.17, 15) is 8.42 Å². The fourth-order valence-corrected chi connectivity index (χ4v) is 3.07. The molecule has 0 aliphatic rings. The molecule has 20 heavy (non-hydrogen) atoms. The third-order valence-corrected chi connectivity index (χ3v) is 4.26. The average molecular weight is 296 g/mol. The van der Waals surface area contributed by atoms with E-state index in [2.05, 4.69) is 16.6 Å². The number of rotatable bonds is 6. The normalized spacial score (nSPS) is 12.6. The van der Waals surface area contributed by atoms with Crippen molar-refractivity contribution in [2.45, 2.75) is 24.3 Å². The molecule has 110 valence electrons. The molecule has 0 fully saturated rings. The minimum atomic E-state index is -3.60. The first-order valence-electron chi connectivity index (χ1n) is 6.30. The van der Waals surface area contributed by atoms with Crippen molar-refractivity contribution >= 4 is 10.0 Å². The van der Waals surface area contributed by atoms with Gasteiger partial charge in [-0.1, -0.05) is 24.0 Å². The molecule has 0 spiro atoms. The molecule has 1 aromatic rings. The van der Waals surface area contributed by atoms with Crippen LogP contribution in [0.25, 0.3) is 0 Å². The molecule has 6 heteroatoms. The van der Waals surface area contributed by atoms with Crippen LogP contribution >= 0.6 is 0 Å².